The average Bonchev–Trinajstić information content (AvgIpc) is 2.91. The van der Waals surface area contributed by atoms with E-state index in [1.165, 1.54) is 5.56 Å². The Morgan fingerprint density at radius 2 is 2.05 bits per heavy atom. The van der Waals surface area contributed by atoms with Crippen molar-refractivity contribution in [1.82, 2.24) is 10.2 Å². The van der Waals surface area contributed by atoms with Crippen LogP contribution in [0.2, 0.25) is 0 Å². The Morgan fingerprint density at radius 1 is 1.37 bits per heavy atom. The van der Waals surface area contributed by atoms with Crippen molar-refractivity contribution in [2.45, 2.75) is 38.6 Å². The van der Waals surface area contributed by atoms with E-state index < -0.39 is 5.41 Å². The quantitative estimate of drug-likeness (QED) is 0.902. The molecule has 1 heterocycles. The number of carbonyl (C=O) groups is 1. The van der Waals surface area contributed by atoms with Gasteiger partial charge in [0.2, 0.25) is 5.91 Å². The molecule has 0 spiro atoms. The van der Waals surface area contributed by atoms with Crippen molar-refractivity contribution in [3.63, 3.8) is 0 Å². The molecule has 3 heteroatoms. The molecule has 1 fully saturated rings. The summed E-state index contributed by atoms with van der Waals surface area (Å²) in [6.07, 6.45) is 1.05. The summed E-state index contributed by atoms with van der Waals surface area (Å²) in [5.41, 5.74) is 1.83. The van der Waals surface area contributed by atoms with Crippen molar-refractivity contribution in [2.75, 3.05) is 20.1 Å². The van der Waals surface area contributed by atoms with Gasteiger partial charge in [0.1, 0.15) is 0 Å². The second-order valence-corrected chi connectivity index (χ2v) is 6.00. The molecule has 19 heavy (non-hydrogen) atoms. The number of carbonyl (C=O) groups excluding carboxylic acids is 1. The maximum Gasteiger partial charge on any atom is 0.232 e. The molecule has 0 aliphatic carbocycles. The van der Waals surface area contributed by atoms with Crippen molar-refractivity contribution < 1.29 is 4.79 Å². The maximum atomic E-state index is 12.8. The van der Waals surface area contributed by atoms with Crippen LogP contribution in [0.5, 0.6) is 0 Å². The highest BCUT2D eigenvalue weighted by atomic mass is 16.2. The van der Waals surface area contributed by atoms with E-state index in [4.69, 9.17) is 0 Å². The van der Waals surface area contributed by atoms with Crippen molar-refractivity contribution in [3.05, 3.63) is 35.4 Å². The molecule has 1 saturated heterocycles. The fourth-order valence-electron chi connectivity index (χ4n) is 2.97. The molecule has 1 N–H and O–H groups in total. The van der Waals surface area contributed by atoms with E-state index >= 15 is 0 Å². The van der Waals surface area contributed by atoms with Gasteiger partial charge in [-0.05, 0) is 44.9 Å². The summed E-state index contributed by atoms with van der Waals surface area (Å²) in [6.45, 7) is 8.04. The second kappa shape index (κ2) is 5.33. The minimum atomic E-state index is -0.470. The van der Waals surface area contributed by atoms with Gasteiger partial charge in [-0.15, -0.1) is 0 Å². The van der Waals surface area contributed by atoms with Crippen LogP contribution in [-0.4, -0.2) is 37.0 Å². The molecule has 104 valence electrons. The van der Waals surface area contributed by atoms with Crippen molar-refractivity contribution in [2.24, 2.45) is 0 Å². The zero-order chi connectivity index (χ0) is 14.0. The lowest BCUT2D eigenvalue weighted by molar-refractivity contribution is -0.136. The van der Waals surface area contributed by atoms with E-state index in [1.807, 2.05) is 37.9 Å². The molecular weight excluding hydrogens is 236 g/mol. The summed E-state index contributed by atoms with van der Waals surface area (Å²) >= 11 is 0. The summed E-state index contributed by atoms with van der Waals surface area (Å²) in [5.74, 6) is 0.204. The van der Waals surface area contributed by atoms with Gasteiger partial charge < -0.3 is 10.2 Å². The lowest BCUT2D eigenvalue weighted by Crippen LogP contribution is -2.47. The van der Waals surface area contributed by atoms with Crippen LogP contribution < -0.4 is 5.32 Å². The van der Waals surface area contributed by atoms with Gasteiger partial charge in [0.25, 0.3) is 0 Å². The van der Waals surface area contributed by atoms with Crippen LogP contribution in [0, 0.1) is 6.92 Å². The molecule has 0 saturated carbocycles. The minimum absolute atomic E-state index is 0.204. The average molecular weight is 260 g/mol. The molecule has 0 radical (unpaired) electrons. The number of nitrogens with zero attached hydrogens (tertiary/aromatic N) is 1. The standard InChI is InChI=1S/C16H24N2O/c1-12-7-5-6-8-14(12)16(2,3)15(19)18(4)13-9-10-17-11-13/h5-8,13,17H,9-11H2,1-4H3. The van der Waals surface area contributed by atoms with E-state index in [2.05, 4.69) is 24.4 Å². The molecule has 1 aromatic carbocycles. The van der Waals surface area contributed by atoms with Crippen LogP contribution in [0.4, 0.5) is 0 Å². The molecule has 0 aromatic heterocycles. The number of benzene rings is 1. The number of rotatable bonds is 3. The van der Waals surface area contributed by atoms with Crippen LogP contribution in [0.15, 0.2) is 24.3 Å². The van der Waals surface area contributed by atoms with Gasteiger partial charge in [-0.1, -0.05) is 24.3 Å². The molecule has 2 rings (SSSR count). The topological polar surface area (TPSA) is 32.3 Å². The highest BCUT2D eigenvalue weighted by Gasteiger charge is 2.36. The number of nitrogens with one attached hydrogen (secondary N) is 1. The Hall–Kier alpha value is -1.35. The van der Waals surface area contributed by atoms with E-state index in [-0.39, 0.29) is 5.91 Å². The molecule has 1 aliphatic rings. The first-order valence-electron chi connectivity index (χ1n) is 6.98. The third-order valence-electron chi connectivity index (χ3n) is 4.26. The van der Waals surface area contributed by atoms with E-state index in [0.717, 1.165) is 25.1 Å². The zero-order valence-corrected chi connectivity index (χ0v) is 12.4. The zero-order valence-electron chi connectivity index (χ0n) is 12.4. The minimum Gasteiger partial charge on any atom is -0.341 e. The maximum absolute atomic E-state index is 12.8. The van der Waals surface area contributed by atoms with Crippen LogP contribution in [-0.2, 0) is 10.2 Å². The van der Waals surface area contributed by atoms with Gasteiger partial charge in [-0.25, -0.2) is 0 Å². The van der Waals surface area contributed by atoms with Gasteiger partial charge in [-0.3, -0.25) is 4.79 Å². The van der Waals surface area contributed by atoms with Crippen LogP contribution in [0.1, 0.15) is 31.4 Å². The second-order valence-electron chi connectivity index (χ2n) is 6.00. The Labute approximate surface area is 116 Å². The Kier molecular flexibility index (Phi) is 3.95. The van der Waals surface area contributed by atoms with Crippen LogP contribution in [0.25, 0.3) is 0 Å². The lowest BCUT2D eigenvalue weighted by atomic mass is 9.80. The molecule has 1 amide bonds. The SMILES string of the molecule is Cc1ccccc1C(C)(C)C(=O)N(C)C1CCNC1. The lowest BCUT2D eigenvalue weighted by Gasteiger charge is -2.34. The molecule has 1 aliphatic heterocycles. The highest BCUT2D eigenvalue weighted by molar-refractivity contribution is 5.87. The summed E-state index contributed by atoms with van der Waals surface area (Å²) in [4.78, 5) is 14.7. The first kappa shape index (κ1) is 14.1. The van der Waals surface area contributed by atoms with E-state index in [9.17, 15) is 4.79 Å². The van der Waals surface area contributed by atoms with Gasteiger partial charge in [0, 0.05) is 19.6 Å². The highest BCUT2D eigenvalue weighted by Crippen LogP contribution is 2.29. The third-order valence-corrected chi connectivity index (χ3v) is 4.26. The van der Waals surface area contributed by atoms with Crippen LogP contribution >= 0.6 is 0 Å². The Balaban J connectivity index is 2.23. The largest absolute Gasteiger partial charge is 0.341 e. The van der Waals surface area contributed by atoms with E-state index in [0.29, 0.717) is 6.04 Å². The first-order valence-corrected chi connectivity index (χ1v) is 6.98. The van der Waals surface area contributed by atoms with Gasteiger partial charge in [0.15, 0.2) is 0 Å². The molecule has 1 aromatic rings. The van der Waals surface area contributed by atoms with Crippen molar-refractivity contribution >= 4 is 5.91 Å². The van der Waals surface area contributed by atoms with Gasteiger partial charge >= 0.3 is 0 Å². The summed E-state index contributed by atoms with van der Waals surface area (Å²) < 4.78 is 0. The Bertz CT molecular complexity index is 462. The smallest absolute Gasteiger partial charge is 0.232 e. The summed E-state index contributed by atoms with van der Waals surface area (Å²) in [5, 5.41) is 3.32. The number of likely N-dealkylation sites (N-methyl/N-ethyl adjacent to an activating group) is 1. The molecule has 3 nitrogen and oxygen atoms in total. The number of hydrogen-bond acceptors (Lipinski definition) is 2. The summed E-state index contributed by atoms with van der Waals surface area (Å²) in [7, 11) is 1.93. The predicted octanol–water partition coefficient (Wildman–Crippen LogP) is 2.09. The molecule has 1 atom stereocenters. The fraction of sp³-hybridized carbons (Fsp3) is 0.562. The van der Waals surface area contributed by atoms with Gasteiger partial charge in [0.05, 0.1) is 5.41 Å². The fourth-order valence-corrected chi connectivity index (χ4v) is 2.97. The van der Waals surface area contributed by atoms with Crippen molar-refractivity contribution in [1.29, 1.82) is 0 Å². The number of hydrogen-bond donors (Lipinski definition) is 1. The molecule has 0 bridgehead atoms. The normalized spacial score (nSPS) is 19.5. The predicted molar refractivity (Wildman–Crippen MR) is 78.2 cm³/mol. The number of amides is 1. The number of aryl methyl sites for hydroxylation is 1. The van der Waals surface area contributed by atoms with Crippen LogP contribution in [0.3, 0.4) is 0 Å². The Morgan fingerprint density at radius 3 is 2.63 bits per heavy atom. The monoisotopic (exact) mass is 260 g/mol. The molecule has 1 unspecified atom stereocenters. The first-order chi connectivity index (χ1) is 8.94. The third kappa shape index (κ3) is 2.66. The van der Waals surface area contributed by atoms with E-state index in [1.54, 1.807) is 0 Å². The van der Waals surface area contributed by atoms with Gasteiger partial charge in [-0.2, -0.15) is 0 Å². The summed E-state index contributed by atoms with van der Waals surface area (Å²) in [6, 6.07) is 8.49. The van der Waals surface area contributed by atoms with Crippen molar-refractivity contribution in [3.8, 4) is 0 Å². The molecular formula is C16H24N2O.